The third-order valence-electron chi connectivity index (χ3n) is 2.90. The van der Waals surface area contributed by atoms with Crippen molar-refractivity contribution < 1.29 is 17.9 Å². The molecule has 0 spiro atoms. The average molecular weight is 295 g/mol. The molecule has 0 aromatic heterocycles. The van der Waals surface area contributed by atoms with Crippen LogP contribution in [0.25, 0.3) is 0 Å². The Morgan fingerprint density at radius 3 is 2.57 bits per heavy atom. The lowest BCUT2D eigenvalue weighted by Gasteiger charge is -2.13. The van der Waals surface area contributed by atoms with E-state index in [4.69, 9.17) is 4.74 Å². The maximum Gasteiger partial charge on any atom is 0.168 e. The molecule has 0 atom stereocenters. The van der Waals surface area contributed by atoms with Crippen molar-refractivity contribution in [3.05, 3.63) is 59.4 Å². The Balaban J connectivity index is 2.25. The lowest BCUT2D eigenvalue weighted by Crippen LogP contribution is -2.14. The minimum Gasteiger partial charge on any atom is -0.451 e. The summed E-state index contributed by atoms with van der Waals surface area (Å²) in [6, 6.07) is 7.40. The van der Waals surface area contributed by atoms with Gasteiger partial charge in [0.2, 0.25) is 0 Å². The molecule has 0 saturated heterocycles. The number of nitrogens with one attached hydrogen (secondary N) is 1. The molecule has 0 aliphatic rings. The van der Waals surface area contributed by atoms with Gasteiger partial charge >= 0.3 is 0 Å². The van der Waals surface area contributed by atoms with Gasteiger partial charge in [0.05, 0.1) is 0 Å². The molecule has 2 aromatic rings. The number of halogens is 3. The minimum atomic E-state index is -0.870. The fourth-order valence-electron chi connectivity index (χ4n) is 1.87. The summed E-state index contributed by atoms with van der Waals surface area (Å²) in [4.78, 5) is 0. The Morgan fingerprint density at radius 2 is 1.86 bits per heavy atom. The summed E-state index contributed by atoms with van der Waals surface area (Å²) in [5, 5.41) is 3.13. The molecule has 0 heterocycles. The second kappa shape index (κ2) is 7.13. The van der Waals surface area contributed by atoms with Crippen molar-refractivity contribution in [2.75, 3.05) is 6.54 Å². The minimum absolute atomic E-state index is 0.0494. The summed E-state index contributed by atoms with van der Waals surface area (Å²) in [7, 11) is 0. The number of hydrogen-bond donors (Lipinski definition) is 1. The molecule has 0 bridgehead atoms. The third-order valence-corrected chi connectivity index (χ3v) is 2.90. The smallest absolute Gasteiger partial charge is 0.168 e. The summed E-state index contributed by atoms with van der Waals surface area (Å²) in [6.07, 6.45) is 0.943. The molecular formula is C16H16F3NO. The van der Waals surface area contributed by atoms with Crippen molar-refractivity contribution in [2.45, 2.75) is 19.9 Å². The summed E-state index contributed by atoms with van der Waals surface area (Å²) >= 11 is 0. The van der Waals surface area contributed by atoms with Crippen LogP contribution in [0.1, 0.15) is 18.9 Å². The molecule has 0 unspecified atom stereocenters. The molecule has 0 aliphatic carbocycles. The van der Waals surface area contributed by atoms with Crippen molar-refractivity contribution in [3.63, 3.8) is 0 Å². The van der Waals surface area contributed by atoms with E-state index < -0.39 is 17.5 Å². The van der Waals surface area contributed by atoms with Gasteiger partial charge in [0.1, 0.15) is 5.82 Å². The molecule has 0 fully saturated rings. The van der Waals surface area contributed by atoms with Crippen LogP contribution in [0.15, 0.2) is 36.4 Å². The topological polar surface area (TPSA) is 21.3 Å². The van der Waals surface area contributed by atoms with Gasteiger partial charge in [-0.05, 0) is 31.2 Å². The van der Waals surface area contributed by atoms with Crippen molar-refractivity contribution in [1.29, 1.82) is 0 Å². The first kappa shape index (κ1) is 15.4. The summed E-state index contributed by atoms with van der Waals surface area (Å²) < 4.78 is 45.7. The van der Waals surface area contributed by atoms with Crippen LogP contribution in [0.5, 0.6) is 11.5 Å². The van der Waals surface area contributed by atoms with E-state index in [-0.39, 0.29) is 11.5 Å². The molecule has 0 radical (unpaired) electrons. The second-order valence-electron chi connectivity index (χ2n) is 4.58. The van der Waals surface area contributed by atoms with Crippen molar-refractivity contribution in [3.8, 4) is 11.5 Å². The molecule has 2 rings (SSSR count). The van der Waals surface area contributed by atoms with Gasteiger partial charge in [0, 0.05) is 18.2 Å². The van der Waals surface area contributed by atoms with E-state index in [2.05, 4.69) is 5.32 Å². The van der Waals surface area contributed by atoms with Crippen molar-refractivity contribution in [2.24, 2.45) is 0 Å². The van der Waals surface area contributed by atoms with Gasteiger partial charge in [-0.1, -0.05) is 19.1 Å². The SMILES string of the molecule is CCCNCc1cccc(F)c1Oc1ccc(F)cc1F. The molecule has 2 nitrogen and oxygen atoms in total. The lowest BCUT2D eigenvalue weighted by atomic mass is 10.2. The maximum atomic E-state index is 13.9. The fourth-order valence-corrected chi connectivity index (χ4v) is 1.87. The van der Waals surface area contributed by atoms with E-state index >= 15 is 0 Å². The second-order valence-corrected chi connectivity index (χ2v) is 4.58. The van der Waals surface area contributed by atoms with Crippen LogP contribution in [-0.2, 0) is 6.54 Å². The molecule has 1 N–H and O–H groups in total. The first-order valence-electron chi connectivity index (χ1n) is 6.73. The first-order chi connectivity index (χ1) is 10.1. The largest absolute Gasteiger partial charge is 0.451 e. The predicted octanol–water partition coefficient (Wildman–Crippen LogP) is 4.40. The number of hydrogen-bond acceptors (Lipinski definition) is 2. The Morgan fingerprint density at radius 1 is 1.05 bits per heavy atom. The van der Waals surface area contributed by atoms with E-state index in [0.29, 0.717) is 18.2 Å². The zero-order chi connectivity index (χ0) is 15.2. The van der Waals surface area contributed by atoms with Crippen LogP contribution in [0.4, 0.5) is 13.2 Å². The number of para-hydroxylation sites is 1. The highest BCUT2D eigenvalue weighted by atomic mass is 19.1. The maximum absolute atomic E-state index is 13.9. The zero-order valence-corrected chi connectivity index (χ0v) is 11.6. The Kier molecular flexibility index (Phi) is 5.22. The quantitative estimate of drug-likeness (QED) is 0.798. The Hall–Kier alpha value is -2.01. The highest BCUT2D eigenvalue weighted by Crippen LogP contribution is 2.30. The molecule has 5 heteroatoms. The lowest BCUT2D eigenvalue weighted by molar-refractivity contribution is 0.405. The van der Waals surface area contributed by atoms with Gasteiger partial charge in [-0.2, -0.15) is 0 Å². The van der Waals surface area contributed by atoms with E-state index in [9.17, 15) is 13.2 Å². The fraction of sp³-hybridized carbons (Fsp3) is 0.250. The van der Waals surface area contributed by atoms with Gasteiger partial charge in [-0.15, -0.1) is 0 Å². The number of rotatable bonds is 6. The van der Waals surface area contributed by atoms with E-state index in [1.54, 1.807) is 12.1 Å². The predicted molar refractivity (Wildman–Crippen MR) is 74.8 cm³/mol. The summed E-state index contributed by atoms with van der Waals surface area (Å²) in [6.45, 7) is 3.20. The summed E-state index contributed by atoms with van der Waals surface area (Å²) in [5.41, 5.74) is 0.576. The van der Waals surface area contributed by atoms with Crippen LogP contribution in [0.2, 0.25) is 0 Å². The molecule has 21 heavy (non-hydrogen) atoms. The van der Waals surface area contributed by atoms with Gasteiger partial charge < -0.3 is 10.1 Å². The molecule has 0 amide bonds. The standard InChI is InChI=1S/C16H16F3NO/c1-2-8-20-10-11-4-3-5-13(18)16(11)21-15-7-6-12(17)9-14(15)19/h3-7,9,20H,2,8,10H2,1H3. The van der Waals surface area contributed by atoms with E-state index in [0.717, 1.165) is 25.1 Å². The van der Waals surface area contributed by atoms with Gasteiger partial charge in [0.15, 0.2) is 23.1 Å². The van der Waals surface area contributed by atoms with E-state index in [1.807, 2.05) is 6.92 Å². The molecular weight excluding hydrogens is 279 g/mol. The number of benzene rings is 2. The third kappa shape index (κ3) is 3.98. The highest BCUT2D eigenvalue weighted by molar-refractivity contribution is 5.39. The summed E-state index contributed by atoms with van der Waals surface area (Å²) in [5.74, 6) is -2.43. The normalized spacial score (nSPS) is 10.7. The number of ether oxygens (including phenoxy) is 1. The van der Waals surface area contributed by atoms with Crippen LogP contribution in [0, 0.1) is 17.5 Å². The van der Waals surface area contributed by atoms with Crippen molar-refractivity contribution in [1.82, 2.24) is 5.32 Å². The van der Waals surface area contributed by atoms with Crippen LogP contribution >= 0.6 is 0 Å². The van der Waals surface area contributed by atoms with Crippen LogP contribution < -0.4 is 10.1 Å². The highest BCUT2D eigenvalue weighted by Gasteiger charge is 2.13. The zero-order valence-electron chi connectivity index (χ0n) is 11.6. The molecule has 2 aromatic carbocycles. The average Bonchev–Trinajstić information content (AvgIpc) is 2.45. The molecule has 112 valence electrons. The first-order valence-corrected chi connectivity index (χ1v) is 6.73. The van der Waals surface area contributed by atoms with Crippen LogP contribution in [0.3, 0.4) is 0 Å². The van der Waals surface area contributed by atoms with Gasteiger partial charge in [-0.3, -0.25) is 0 Å². The van der Waals surface area contributed by atoms with Gasteiger partial charge in [-0.25, -0.2) is 13.2 Å². The molecule has 0 aliphatic heterocycles. The molecule has 0 saturated carbocycles. The van der Waals surface area contributed by atoms with Crippen LogP contribution in [-0.4, -0.2) is 6.54 Å². The Labute approximate surface area is 121 Å². The van der Waals surface area contributed by atoms with Gasteiger partial charge in [0.25, 0.3) is 0 Å². The Bertz CT molecular complexity index is 616. The van der Waals surface area contributed by atoms with Crippen molar-refractivity contribution >= 4 is 0 Å². The van der Waals surface area contributed by atoms with E-state index in [1.165, 1.54) is 6.07 Å². The monoisotopic (exact) mass is 295 g/mol.